The average molecular weight is 524 g/mol. The third-order valence-electron chi connectivity index (χ3n) is 4.94. The largest absolute Gasteiger partial charge is 0.370 e. The minimum absolute atomic E-state index is 0. The lowest BCUT2D eigenvalue weighted by Crippen LogP contribution is -2.42. The van der Waals surface area contributed by atoms with Crippen LogP contribution in [0.1, 0.15) is 25.3 Å². The van der Waals surface area contributed by atoms with Crippen molar-refractivity contribution < 1.29 is 8.42 Å². The van der Waals surface area contributed by atoms with Crippen LogP contribution in [-0.4, -0.2) is 61.3 Å². The van der Waals surface area contributed by atoms with Crippen LogP contribution in [0.2, 0.25) is 0 Å². The van der Waals surface area contributed by atoms with Crippen LogP contribution < -0.4 is 5.73 Å². The zero-order valence-electron chi connectivity index (χ0n) is 15.7. The van der Waals surface area contributed by atoms with Gasteiger partial charge in [-0.25, -0.2) is 13.4 Å². The molecule has 1 aromatic carbocycles. The minimum atomic E-state index is -3.40. The van der Waals surface area contributed by atoms with E-state index >= 15 is 0 Å². The van der Waals surface area contributed by atoms with Crippen LogP contribution in [-0.2, 0) is 16.6 Å². The maximum atomic E-state index is 12.8. The number of benzene rings is 1. The zero-order valence-corrected chi connectivity index (χ0v) is 19.7. The number of aliphatic imine (C=N–C) groups is 1. The van der Waals surface area contributed by atoms with Crippen LogP contribution in [0.5, 0.6) is 0 Å². The molecule has 0 aliphatic carbocycles. The van der Waals surface area contributed by atoms with Gasteiger partial charge < -0.3 is 10.6 Å². The quantitative estimate of drug-likeness (QED) is 0.372. The predicted molar refractivity (Wildman–Crippen MR) is 123 cm³/mol. The highest BCUT2D eigenvalue weighted by atomic mass is 127. The van der Waals surface area contributed by atoms with Crippen LogP contribution in [0.25, 0.3) is 0 Å². The molecule has 2 saturated heterocycles. The topological polar surface area (TPSA) is 79.0 Å². The molecule has 1 aromatic rings. The SMILES string of the molecule is CC1CCCN(S(=O)(=O)c2ccc(CN=C(N)N3CCSCC3)cc2)C1.I. The molecule has 0 saturated carbocycles. The number of hydrogen-bond donors (Lipinski definition) is 1. The van der Waals surface area contributed by atoms with Crippen molar-refractivity contribution in [3.05, 3.63) is 29.8 Å². The van der Waals surface area contributed by atoms with Gasteiger partial charge in [-0.1, -0.05) is 19.1 Å². The van der Waals surface area contributed by atoms with Gasteiger partial charge in [-0.2, -0.15) is 16.1 Å². The lowest BCUT2D eigenvalue weighted by Gasteiger charge is -2.30. The number of rotatable bonds is 4. The van der Waals surface area contributed by atoms with Crippen LogP contribution >= 0.6 is 35.7 Å². The van der Waals surface area contributed by atoms with Gasteiger partial charge in [0, 0.05) is 37.7 Å². The number of guanidine groups is 1. The van der Waals surface area contributed by atoms with E-state index in [1.807, 2.05) is 23.9 Å². The van der Waals surface area contributed by atoms with Gasteiger partial charge in [0.1, 0.15) is 0 Å². The van der Waals surface area contributed by atoms with E-state index < -0.39 is 10.0 Å². The van der Waals surface area contributed by atoms with Crippen molar-refractivity contribution in [2.24, 2.45) is 16.6 Å². The molecule has 6 nitrogen and oxygen atoms in total. The average Bonchev–Trinajstić information content (AvgIpc) is 2.67. The monoisotopic (exact) mass is 524 g/mol. The lowest BCUT2D eigenvalue weighted by atomic mass is 10.0. The molecule has 2 N–H and O–H groups in total. The maximum absolute atomic E-state index is 12.8. The Labute approximate surface area is 184 Å². The molecular formula is C18H29IN4O2S2. The highest BCUT2D eigenvalue weighted by Crippen LogP contribution is 2.23. The Bertz CT molecular complexity index is 734. The molecular weight excluding hydrogens is 495 g/mol. The molecule has 0 bridgehead atoms. The molecule has 2 heterocycles. The van der Waals surface area contributed by atoms with Crippen molar-refractivity contribution in [1.29, 1.82) is 0 Å². The third-order valence-corrected chi connectivity index (χ3v) is 7.76. The van der Waals surface area contributed by atoms with Crippen molar-refractivity contribution in [2.45, 2.75) is 31.2 Å². The summed E-state index contributed by atoms with van der Waals surface area (Å²) >= 11 is 1.93. The Hall–Kier alpha value is -0.520. The zero-order chi connectivity index (χ0) is 18.6. The van der Waals surface area contributed by atoms with E-state index in [1.165, 1.54) is 0 Å². The summed E-state index contributed by atoms with van der Waals surface area (Å²) in [5, 5.41) is 0. The van der Waals surface area contributed by atoms with Gasteiger partial charge >= 0.3 is 0 Å². The molecule has 0 radical (unpaired) electrons. The van der Waals surface area contributed by atoms with Crippen LogP contribution in [0.3, 0.4) is 0 Å². The summed E-state index contributed by atoms with van der Waals surface area (Å²) in [6, 6.07) is 7.05. The number of sulfonamides is 1. The standard InChI is InChI=1S/C18H28N4O2S2.HI/c1-15-3-2-8-22(14-15)26(23,24)17-6-4-16(5-7-17)13-20-18(19)21-9-11-25-12-10-21;/h4-7,15H,2-3,8-14H2,1H3,(H2,19,20);1H. The Kier molecular flexibility index (Phi) is 8.70. The first kappa shape index (κ1) is 22.8. The van der Waals surface area contributed by atoms with Gasteiger partial charge in [-0.05, 0) is 36.5 Å². The number of nitrogens with two attached hydrogens (primary N) is 1. The Balaban J connectivity index is 0.00000261. The summed E-state index contributed by atoms with van der Waals surface area (Å²) in [6.07, 6.45) is 2.03. The summed E-state index contributed by atoms with van der Waals surface area (Å²) in [7, 11) is -3.40. The van der Waals surface area contributed by atoms with Gasteiger partial charge in [0.05, 0.1) is 11.4 Å². The maximum Gasteiger partial charge on any atom is 0.243 e. The fourth-order valence-corrected chi connectivity index (χ4v) is 5.85. The Morgan fingerprint density at radius 3 is 2.52 bits per heavy atom. The normalized spacial score (nSPS) is 22.3. The molecule has 2 aliphatic rings. The Morgan fingerprint density at radius 1 is 1.22 bits per heavy atom. The number of nitrogens with zero attached hydrogens (tertiary/aromatic N) is 3. The fourth-order valence-electron chi connectivity index (χ4n) is 3.35. The highest BCUT2D eigenvalue weighted by Gasteiger charge is 2.28. The molecule has 2 fully saturated rings. The highest BCUT2D eigenvalue weighted by molar-refractivity contribution is 14.0. The third kappa shape index (κ3) is 5.98. The first-order valence-electron chi connectivity index (χ1n) is 9.18. The van der Waals surface area contributed by atoms with Crippen molar-refractivity contribution in [3.63, 3.8) is 0 Å². The van der Waals surface area contributed by atoms with E-state index in [2.05, 4.69) is 16.8 Å². The summed E-state index contributed by atoms with van der Waals surface area (Å²) in [5.41, 5.74) is 7.03. The summed E-state index contributed by atoms with van der Waals surface area (Å²) < 4.78 is 27.2. The first-order valence-corrected chi connectivity index (χ1v) is 11.8. The van der Waals surface area contributed by atoms with E-state index in [-0.39, 0.29) is 24.0 Å². The second-order valence-corrected chi connectivity index (χ2v) is 10.2. The van der Waals surface area contributed by atoms with E-state index in [1.54, 1.807) is 16.4 Å². The van der Waals surface area contributed by atoms with E-state index in [9.17, 15) is 8.42 Å². The second kappa shape index (κ2) is 10.3. The fraction of sp³-hybridized carbons (Fsp3) is 0.611. The predicted octanol–water partition coefficient (Wildman–Crippen LogP) is 2.59. The summed E-state index contributed by atoms with van der Waals surface area (Å²) in [6.45, 7) is 5.67. The van der Waals surface area contributed by atoms with E-state index in [0.717, 1.165) is 43.0 Å². The van der Waals surface area contributed by atoms with Gasteiger partial charge in [-0.15, -0.1) is 24.0 Å². The van der Waals surface area contributed by atoms with E-state index in [4.69, 9.17) is 5.73 Å². The van der Waals surface area contributed by atoms with Crippen LogP contribution in [0, 0.1) is 5.92 Å². The number of hydrogen-bond acceptors (Lipinski definition) is 4. The van der Waals surface area contributed by atoms with E-state index in [0.29, 0.717) is 36.4 Å². The molecule has 1 atom stereocenters. The molecule has 0 amide bonds. The van der Waals surface area contributed by atoms with Gasteiger partial charge in [0.2, 0.25) is 10.0 Å². The first-order chi connectivity index (χ1) is 12.5. The molecule has 1 unspecified atom stereocenters. The summed E-state index contributed by atoms with van der Waals surface area (Å²) in [4.78, 5) is 6.93. The van der Waals surface area contributed by atoms with Gasteiger partial charge in [-0.3, -0.25) is 0 Å². The lowest BCUT2D eigenvalue weighted by molar-refractivity contribution is 0.281. The summed E-state index contributed by atoms with van der Waals surface area (Å²) in [5.74, 6) is 3.16. The molecule has 2 aliphatic heterocycles. The molecule has 3 rings (SSSR count). The van der Waals surface area contributed by atoms with Crippen molar-refractivity contribution in [3.8, 4) is 0 Å². The van der Waals surface area contributed by atoms with Gasteiger partial charge in [0.25, 0.3) is 0 Å². The smallest absolute Gasteiger partial charge is 0.243 e. The number of thioether (sulfide) groups is 1. The second-order valence-electron chi connectivity index (χ2n) is 7.03. The number of halogens is 1. The molecule has 152 valence electrons. The molecule has 9 heteroatoms. The molecule has 27 heavy (non-hydrogen) atoms. The number of piperidine rings is 1. The molecule has 0 aromatic heterocycles. The van der Waals surface area contributed by atoms with Crippen LogP contribution in [0.15, 0.2) is 34.2 Å². The van der Waals surface area contributed by atoms with Gasteiger partial charge in [0.15, 0.2) is 5.96 Å². The Morgan fingerprint density at radius 2 is 1.89 bits per heavy atom. The van der Waals surface area contributed by atoms with Crippen LogP contribution in [0.4, 0.5) is 0 Å². The molecule has 0 spiro atoms. The van der Waals surface area contributed by atoms with Crippen molar-refractivity contribution >= 4 is 51.7 Å². The minimum Gasteiger partial charge on any atom is -0.370 e. The van der Waals surface area contributed by atoms with Crippen molar-refractivity contribution in [1.82, 2.24) is 9.21 Å². The van der Waals surface area contributed by atoms with Crippen molar-refractivity contribution in [2.75, 3.05) is 37.7 Å².